The van der Waals surface area contributed by atoms with Gasteiger partial charge < -0.3 is 14.8 Å². The highest BCUT2D eigenvalue weighted by molar-refractivity contribution is 7.89. The number of nitrogens with zero attached hydrogens (tertiary/aromatic N) is 3. The first kappa shape index (κ1) is 23.3. The third-order valence-corrected chi connectivity index (χ3v) is 9.09. The number of carbonyl (C=O) groups excluding carboxylic acids is 2. The van der Waals surface area contributed by atoms with E-state index in [1.54, 1.807) is 4.90 Å². The van der Waals surface area contributed by atoms with Gasteiger partial charge in [0.05, 0.1) is 5.92 Å². The summed E-state index contributed by atoms with van der Waals surface area (Å²) in [7, 11) is -3.76. The lowest BCUT2D eigenvalue weighted by atomic mass is 9.98. The first-order chi connectivity index (χ1) is 15.4. The molecule has 3 fully saturated rings. The molecule has 0 bridgehead atoms. The molecule has 0 unspecified atom stereocenters. The first-order valence-corrected chi connectivity index (χ1v) is 13.6. The molecule has 32 heavy (non-hydrogen) atoms. The van der Waals surface area contributed by atoms with Crippen LogP contribution in [-0.4, -0.2) is 78.6 Å². The fraction of sp³-hybridized carbons (Fsp3) is 0.739. The van der Waals surface area contributed by atoms with E-state index < -0.39 is 10.0 Å². The van der Waals surface area contributed by atoms with Crippen LogP contribution in [0.4, 0.5) is 0 Å². The summed E-state index contributed by atoms with van der Waals surface area (Å²) in [5.41, 5.74) is 0.312. The van der Waals surface area contributed by atoms with Crippen LogP contribution in [0.1, 0.15) is 68.8 Å². The van der Waals surface area contributed by atoms with E-state index in [0.717, 1.165) is 58.0 Å². The first-order valence-electron chi connectivity index (χ1n) is 12.1. The quantitative estimate of drug-likeness (QED) is 0.741. The number of aromatic nitrogens is 1. The average Bonchev–Trinajstić information content (AvgIpc) is 3.16. The third kappa shape index (κ3) is 5.03. The summed E-state index contributed by atoms with van der Waals surface area (Å²) in [6.07, 6.45) is 9.11. The van der Waals surface area contributed by atoms with Gasteiger partial charge in [-0.1, -0.05) is 19.8 Å². The summed E-state index contributed by atoms with van der Waals surface area (Å²) >= 11 is 0. The molecule has 3 saturated heterocycles. The molecule has 0 aliphatic carbocycles. The van der Waals surface area contributed by atoms with E-state index >= 15 is 0 Å². The van der Waals surface area contributed by atoms with E-state index in [4.69, 9.17) is 0 Å². The molecule has 3 aliphatic rings. The number of piperidine rings is 2. The van der Waals surface area contributed by atoms with Crippen molar-refractivity contribution in [3.63, 3.8) is 0 Å². The monoisotopic (exact) mass is 464 g/mol. The van der Waals surface area contributed by atoms with Crippen LogP contribution < -0.4 is 0 Å². The van der Waals surface area contributed by atoms with Gasteiger partial charge in [0.15, 0.2) is 0 Å². The van der Waals surface area contributed by atoms with Crippen molar-refractivity contribution >= 4 is 21.8 Å². The number of nitrogens with one attached hydrogen (secondary N) is 1. The number of hydrogen-bond acceptors (Lipinski definition) is 4. The van der Waals surface area contributed by atoms with Crippen molar-refractivity contribution in [2.24, 2.45) is 11.8 Å². The van der Waals surface area contributed by atoms with Crippen molar-refractivity contribution in [1.29, 1.82) is 0 Å². The van der Waals surface area contributed by atoms with Crippen molar-refractivity contribution in [3.8, 4) is 0 Å². The minimum atomic E-state index is -3.76. The Morgan fingerprint density at radius 3 is 2.28 bits per heavy atom. The zero-order valence-electron chi connectivity index (χ0n) is 19.1. The van der Waals surface area contributed by atoms with Crippen molar-refractivity contribution in [1.82, 2.24) is 19.1 Å². The lowest BCUT2D eigenvalue weighted by molar-refractivity contribution is -0.136. The summed E-state index contributed by atoms with van der Waals surface area (Å²) in [6.45, 7) is 5.77. The molecule has 3 aliphatic heterocycles. The second-order valence-corrected chi connectivity index (χ2v) is 11.6. The highest BCUT2D eigenvalue weighted by atomic mass is 32.2. The van der Waals surface area contributed by atoms with E-state index in [1.165, 1.54) is 16.6 Å². The molecule has 1 aromatic heterocycles. The van der Waals surface area contributed by atoms with E-state index in [0.29, 0.717) is 37.7 Å². The Bertz CT molecular complexity index is 912. The second-order valence-electron chi connectivity index (χ2n) is 9.67. The van der Waals surface area contributed by atoms with Crippen LogP contribution in [-0.2, 0) is 14.8 Å². The maximum Gasteiger partial charge on any atom is 0.270 e. The zero-order valence-corrected chi connectivity index (χ0v) is 19.9. The number of likely N-dealkylation sites (tertiary alicyclic amines) is 2. The molecule has 1 atom stereocenters. The average molecular weight is 465 g/mol. The van der Waals surface area contributed by atoms with Crippen LogP contribution in [0.15, 0.2) is 17.2 Å². The van der Waals surface area contributed by atoms with E-state index in [1.807, 2.05) is 4.90 Å². The maximum absolute atomic E-state index is 13.3. The molecule has 9 heteroatoms. The lowest BCUT2D eigenvalue weighted by Gasteiger charge is -2.34. The number of aromatic amines is 1. The minimum Gasteiger partial charge on any atom is -0.356 e. The van der Waals surface area contributed by atoms with Gasteiger partial charge in [-0.05, 0) is 50.5 Å². The Hall–Kier alpha value is -1.87. The molecular formula is C23H36N4O4S. The van der Waals surface area contributed by atoms with E-state index in [2.05, 4.69) is 11.9 Å². The normalized spacial score (nSPS) is 24.3. The van der Waals surface area contributed by atoms with Crippen LogP contribution in [0.2, 0.25) is 0 Å². The molecule has 0 radical (unpaired) electrons. The summed E-state index contributed by atoms with van der Waals surface area (Å²) in [5.74, 6) is 0.275. The van der Waals surface area contributed by atoms with Crippen LogP contribution in [0.3, 0.4) is 0 Å². The summed E-state index contributed by atoms with van der Waals surface area (Å²) in [6, 6.07) is 1.45. The lowest BCUT2D eigenvalue weighted by Crippen LogP contribution is -2.46. The van der Waals surface area contributed by atoms with E-state index in [9.17, 15) is 18.0 Å². The molecule has 178 valence electrons. The molecule has 4 heterocycles. The maximum atomic E-state index is 13.3. The largest absolute Gasteiger partial charge is 0.356 e. The number of H-pyrrole nitrogens is 1. The highest BCUT2D eigenvalue weighted by Gasteiger charge is 2.36. The smallest absolute Gasteiger partial charge is 0.270 e. The molecule has 0 aromatic carbocycles. The second kappa shape index (κ2) is 9.95. The summed E-state index contributed by atoms with van der Waals surface area (Å²) < 4.78 is 28.0. The number of amides is 2. The van der Waals surface area contributed by atoms with Gasteiger partial charge in [0.25, 0.3) is 5.91 Å². The van der Waals surface area contributed by atoms with Crippen molar-refractivity contribution in [3.05, 3.63) is 18.0 Å². The Kier molecular flexibility index (Phi) is 7.24. The van der Waals surface area contributed by atoms with Gasteiger partial charge in [0, 0.05) is 45.5 Å². The van der Waals surface area contributed by atoms with Crippen LogP contribution in [0.25, 0.3) is 0 Å². The van der Waals surface area contributed by atoms with Gasteiger partial charge in [-0.3, -0.25) is 9.59 Å². The zero-order chi connectivity index (χ0) is 22.7. The standard InChI is InChI=1S/C23H36N4O4S/c1-18-8-13-26(14-9-18)23(29)21-15-20(16-24-21)32(30,31)27-12-6-7-19(17-27)22(28)25-10-4-2-3-5-11-25/h15-16,18-19,24H,2-14,17H2,1H3/t19-/m1/s1. The van der Waals surface area contributed by atoms with Gasteiger partial charge in [-0.15, -0.1) is 0 Å². The van der Waals surface area contributed by atoms with Gasteiger partial charge in [-0.25, -0.2) is 8.42 Å². The van der Waals surface area contributed by atoms with E-state index in [-0.39, 0.29) is 29.2 Å². The Morgan fingerprint density at radius 1 is 0.906 bits per heavy atom. The number of rotatable bonds is 4. The van der Waals surface area contributed by atoms with Crippen LogP contribution >= 0.6 is 0 Å². The molecule has 1 aromatic rings. The van der Waals surface area contributed by atoms with Gasteiger partial charge >= 0.3 is 0 Å². The summed E-state index contributed by atoms with van der Waals surface area (Å²) in [4.78, 5) is 32.6. The molecule has 0 saturated carbocycles. The summed E-state index contributed by atoms with van der Waals surface area (Å²) in [5, 5.41) is 0. The molecule has 8 nitrogen and oxygen atoms in total. The Balaban J connectivity index is 1.42. The molecule has 2 amide bonds. The minimum absolute atomic E-state index is 0.0936. The Morgan fingerprint density at radius 2 is 1.59 bits per heavy atom. The number of hydrogen-bond donors (Lipinski definition) is 1. The molecule has 0 spiro atoms. The molecular weight excluding hydrogens is 428 g/mol. The topological polar surface area (TPSA) is 93.8 Å². The molecule has 4 rings (SSSR count). The predicted octanol–water partition coefficient (Wildman–Crippen LogP) is 2.69. The van der Waals surface area contributed by atoms with Gasteiger partial charge in [0.1, 0.15) is 10.6 Å². The fourth-order valence-corrected chi connectivity index (χ4v) is 6.61. The fourth-order valence-electron chi connectivity index (χ4n) is 5.09. The van der Waals surface area contributed by atoms with Gasteiger partial charge in [-0.2, -0.15) is 4.31 Å². The van der Waals surface area contributed by atoms with Crippen molar-refractivity contribution in [2.45, 2.75) is 63.2 Å². The van der Waals surface area contributed by atoms with Crippen molar-refractivity contribution in [2.75, 3.05) is 39.3 Å². The molecule has 1 N–H and O–H groups in total. The number of sulfonamides is 1. The Labute approximate surface area is 191 Å². The van der Waals surface area contributed by atoms with Crippen LogP contribution in [0, 0.1) is 11.8 Å². The van der Waals surface area contributed by atoms with Gasteiger partial charge in [0.2, 0.25) is 15.9 Å². The number of carbonyl (C=O) groups is 2. The van der Waals surface area contributed by atoms with Crippen LogP contribution in [0.5, 0.6) is 0 Å². The third-order valence-electron chi connectivity index (χ3n) is 7.25. The SMILES string of the molecule is CC1CCN(C(=O)c2cc(S(=O)(=O)N3CCC[C@@H](C(=O)N4CCCCCC4)C3)c[nH]2)CC1. The van der Waals surface area contributed by atoms with Crippen molar-refractivity contribution < 1.29 is 18.0 Å². The highest BCUT2D eigenvalue weighted by Crippen LogP contribution is 2.27. The predicted molar refractivity (Wildman–Crippen MR) is 122 cm³/mol.